The van der Waals surface area contributed by atoms with Crippen LogP contribution in [0.5, 0.6) is 0 Å². The maximum Gasteiger partial charge on any atom is 0.402 e. The number of carbonyl (C=O) groups is 3. The van der Waals surface area contributed by atoms with Gasteiger partial charge in [-0.05, 0) is 0 Å². The summed E-state index contributed by atoms with van der Waals surface area (Å²) in [6.07, 6.45) is -1.33. The molecule has 0 saturated heterocycles. The van der Waals surface area contributed by atoms with Crippen molar-refractivity contribution in [3.8, 4) is 0 Å². The topological polar surface area (TPSA) is 167 Å². The fraction of sp³-hybridized carbons (Fsp3) is 0.571. The van der Waals surface area contributed by atoms with Crippen molar-refractivity contribution in [1.82, 2.24) is 4.90 Å². The zero-order valence-electron chi connectivity index (χ0n) is 8.50. The summed E-state index contributed by atoms with van der Waals surface area (Å²) < 4.78 is 0. The van der Waals surface area contributed by atoms with Crippen LogP contribution in [0.3, 0.4) is 0 Å². The average molecular weight is 237 g/mol. The Morgan fingerprint density at radius 3 is 1.50 bits per heavy atom. The lowest BCUT2D eigenvalue weighted by Crippen LogP contribution is -2.37. The lowest BCUT2D eigenvalue weighted by Gasteiger charge is -2.15. The molecule has 0 unspecified atom stereocenters. The number of carboxylic acids is 2. The Labute approximate surface area is 91.2 Å². The van der Waals surface area contributed by atoms with E-state index in [0.29, 0.717) is 0 Å². The van der Waals surface area contributed by atoms with E-state index in [4.69, 9.17) is 25.8 Å². The normalized spacial score (nSPS) is 9.12. The van der Waals surface area contributed by atoms with Gasteiger partial charge in [0.25, 0.3) is 0 Å². The van der Waals surface area contributed by atoms with Gasteiger partial charge in [0.05, 0.1) is 13.1 Å². The highest BCUT2D eigenvalue weighted by molar-refractivity contribution is 5.72. The molecule has 0 aromatic rings. The van der Waals surface area contributed by atoms with Crippen LogP contribution in [0, 0.1) is 0 Å². The summed E-state index contributed by atoms with van der Waals surface area (Å²) >= 11 is 0. The van der Waals surface area contributed by atoms with E-state index in [1.807, 2.05) is 0 Å². The SMILES string of the molecule is NC(=O)O.NCCN(CC(=O)O)CC(=O)O. The van der Waals surface area contributed by atoms with E-state index >= 15 is 0 Å². The number of nitrogens with two attached hydrogens (primary N) is 2. The Bertz CT molecular complexity index is 224. The number of hydrogen-bond donors (Lipinski definition) is 5. The number of nitrogens with zero attached hydrogens (tertiary/aromatic N) is 1. The van der Waals surface area contributed by atoms with Gasteiger partial charge in [0.2, 0.25) is 0 Å². The molecule has 16 heavy (non-hydrogen) atoms. The maximum absolute atomic E-state index is 10.2. The van der Waals surface area contributed by atoms with Gasteiger partial charge in [0.1, 0.15) is 0 Å². The fourth-order valence-corrected chi connectivity index (χ4v) is 0.779. The lowest BCUT2D eigenvalue weighted by molar-refractivity contribution is -0.141. The van der Waals surface area contributed by atoms with E-state index in [1.165, 1.54) is 4.90 Å². The molecule has 0 aliphatic heterocycles. The van der Waals surface area contributed by atoms with Gasteiger partial charge in [-0.1, -0.05) is 0 Å². The molecular weight excluding hydrogens is 222 g/mol. The third-order valence-corrected chi connectivity index (χ3v) is 1.16. The van der Waals surface area contributed by atoms with Crippen LogP contribution >= 0.6 is 0 Å². The first-order valence-electron chi connectivity index (χ1n) is 4.14. The maximum atomic E-state index is 10.2. The molecule has 0 aliphatic carbocycles. The first-order chi connectivity index (χ1) is 7.29. The van der Waals surface area contributed by atoms with Crippen LogP contribution in [0.4, 0.5) is 4.79 Å². The smallest absolute Gasteiger partial charge is 0.402 e. The minimum atomic E-state index is -1.33. The van der Waals surface area contributed by atoms with E-state index in [0.717, 1.165) is 0 Å². The van der Waals surface area contributed by atoms with Crippen molar-refractivity contribution in [3.05, 3.63) is 0 Å². The third kappa shape index (κ3) is 18.0. The largest absolute Gasteiger partial charge is 0.480 e. The van der Waals surface area contributed by atoms with Crippen LogP contribution in [0.25, 0.3) is 0 Å². The number of rotatable bonds is 6. The summed E-state index contributed by atoms with van der Waals surface area (Å²) in [5, 5.41) is 23.9. The molecule has 9 nitrogen and oxygen atoms in total. The van der Waals surface area contributed by atoms with Crippen LogP contribution in [-0.4, -0.2) is 64.4 Å². The molecule has 0 saturated carbocycles. The van der Waals surface area contributed by atoms with Crippen LogP contribution in [-0.2, 0) is 9.59 Å². The fourth-order valence-electron chi connectivity index (χ4n) is 0.779. The van der Waals surface area contributed by atoms with Gasteiger partial charge in [-0.3, -0.25) is 14.5 Å². The summed E-state index contributed by atoms with van der Waals surface area (Å²) in [5.41, 5.74) is 9.18. The van der Waals surface area contributed by atoms with Gasteiger partial charge in [0.15, 0.2) is 0 Å². The lowest BCUT2D eigenvalue weighted by atomic mass is 10.4. The highest BCUT2D eigenvalue weighted by atomic mass is 16.4. The molecule has 94 valence electrons. The van der Waals surface area contributed by atoms with Crippen molar-refractivity contribution < 1.29 is 29.7 Å². The summed E-state index contributed by atoms with van der Waals surface area (Å²) in [6.45, 7) is -0.0494. The Morgan fingerprint density at radius 2 is 1.31 bits per heavy atom. The number of hydrogen-bond acceptors (Lipinski definition) is 5. The second-order valence-corrected chi connectivity index (χ2v) is 2.63. The van der Waals surface area contributed by atoms with Crippen molar-refractivity contribution in [2.24, 2.45) is 11.5 Å². The molecule has 0 rings (SSSR count). The first kappa shape index (κ1) is 16.6. The van der Waals surface area contributed by atoms with E-state index in [1.54, 1.807) is 0 Å². The molecule has 0 atom stereocenters. The van der Waals surface area contributed by atoms with Crippen molar-refractivity contribution in [3.63, 3.8) is 0 Å². The predicted molar refractivity (Wildman–Crippen MR) is 53.0 cm³/mol. The Balaban J connectivity index is 0. The van der Waals surface area contributed by atoms with Gasteiger partial charge in [-0.25, -0.2) is 4.79 Å². The van der Waals surface area contributed by atoms with Crippen LogP contribution in [0.15, 0.2) is 0 Å². The second-order valence-electron chi connectivity index (χ2n) is 2.63. The summed E-state index contributed by atoms with van der Waals surface area (Å²) in [4.78, 5) is 30.4. The molecule has 0 radical (unpaired) electrons. The Morgan fingerprint density at radius 1 is 1.00 bits per heavy atom. The summed E-state index contributed by atoms with van der Waals surface area (Å²) in [6, 6.07) is 0. The minimum absolute atomic E-state index is 0.251. The van der Waals surface area contributed by atoms with Gasteiger partial charge < -0.3 is 26.8 Å². The molecule has 0 spiro atoms. The zero-order valence-corrected chi connectivity index (χ0v) is 8.50. The number of primary amides is 1. The van der Waals surface area contributed by atoms with E-state index in [9.17, 15) is 9.59 Å². The van der Waals surface area contributed by atoms with Crippen LogP contribution < -0.4 is 11.5 Å². The molecule has 0 aromatic heterocycles. The molecule has 0 bridgehead atoms. The van der Waals surface area contributed by atoms with Gasteiger partial charge in [0, 0.05) is 13.1 Å². The number of carboxylic acid groups (broad SMARTS) is 3. The average Bonchev–Trinajstić information content (AvgIpc) is 1.99. The molecular formula is C7H15N3O6. The van der Waals surface area contributed by atoms with Crippen molar-refractivity contribution in [2.75, 3.05) is 26.2 Å². The molecule has 0 aromatic carbocycles. The van der Waals surface area contributed by atoms with Crippen molar-refractivity contribution >= 4 is 18.0 Å². The second kappa shape index (κ2) is 9.68. The highest BCUT2D eigenvalue weighted by Gasteiger charge is 2.11. The minimum Gasteiger partial charge on any atom is -0.480 e. The summed E-state index contributed by atoms with van der Waals surface area (Å²) in [7, 11) is 0. The van der Waals surface area contributed by atoms with Crippen molar-refractivity contribution in [2.45, 2.75) is 0 Å². The van der Waals surface area contributed by atoms with E-state index in [2.05, 4.69) is 5.73 Å². The third-order valence-electron chi connectivity index (χ3n) is 1.16. The number of aliphatic carboxylic acids is 2. The quantitative estimate of drug-likeness (QED) is 0.354. The molecule has 0 fully saturated rings. The van der Waals surface area contributed by atoms with Crippen molar-refractivity contribution in [1.29, 1.82) is 0 Å². The zero-order chi connectivity index (χ0) is 13.1. The molecule has 0 heterocycles. The number of amides is 1. The highest BCUT2D eigenvalue weighted by Crippen LogP contribution is 1.86. The van der Waals surface area contributed by atoms with E-state index in [-0.39, 0.29) is 26.2 Å². The molecule has 7 N–H and O–H groups in total. The van der Waals surface area contributed by atoms with Crippen LogP contribution in [0.2, 0.25) is 0 Å². The first-order valence-corrected chi connectivity index (χ1v) is 4.14. The Kier molecular flexibility index (Phi) is 10.0. The van der Waals surface area contributed by atoms with Gasteiger partial charge in [-0.15, -0.1) is 0 Å². The standard InChI is InChI=1S/C6H12N2O4.CH3NO2/c7-1-2-8(3-5(9)10)4-6(11)12;2-1(3)4/h1-4,7H2,(H,9,10)(H,11,12);2H2,(H,3,4). The molecule has 9 heteroatoms. The monoisotopic (exact) mass is 237 g/mol. The van der Waals surface area contributed by atoms with Gasteiger partial charge in [-0.2, -0.15) is 0 Å². The van der Waals surface area contributed by atoms with Gasteiger partial charge >= 0.3 is 18.0 Å². The molecule has 0 aliphatic rings. The summed E-state index contributed by atoms with van der Waals surface area (Å²) in [5.74, 6) is -2.10. The Hall–Kier alpha value is -1.87. The van der Waals surface area contributed by atoms with E-state index < -0.39 is 18.0 Å². The molecule has 1 amide bonds. The predicted octanol–water partition coefficient (Wildman–Crippen LogP) is -1.96. The van der Waals surface area contributed by atoms with Crippen LogP contribution in [0.1, 0.15) is 0 Å².